The molecule has 0 bridgehead atoms. The Bertz CT molecular complexity index is 1400. The van der Waals surface area contributed by atoms with Gasteiger partial charge in [-0.1, -0.05) is 23.7 Å². The van der Waals surface area contributed by atoms with Crippen LogP contribution in [0.5, 0.6) is 11.6 Å². The molecule has 1 amide bonds. The van der Waals surface area contributed by atoms with E-state index in [0.717, 1.165) is 5.56 Å². The van der Waals surface area contributed by atoms with Crippen LogP contribution in [0.1, 0.15) is 21.6 Å². The molecule has 1 N–H and O–H groups in total. The topological polar surface area (TPSA) is 82.5 Å². The zero-order valence-corrected chi connectivity index (χ0v) is 19.4. The fourth-order valence-electron chi connectivity index (χ4n) is 3.82. The minimum atomic E-state index is -0.913. The van der Waals surface area contributed by atoms with E-state index in [1.54, 1.807) is 29.7 Å². The summed E-state index contributed by atoms with van der Waals surface area (Å²) in [6, 6.07) is 13.4. The number of halogens is 2. The Labute approximate surface area is 200 Å². The van der Waals surface area contributed by atoms with Gasteiger partial charge in [0.2, 0.25) is 5.88 Å². The molecular formula is C25H21ClFN3O4. The number of aromatic nitrogens is 2. The van der Waals surface area contributed by atoms with E-state index in [4.69, 9.17) is 21.1 Å². The maximum absolute atomic E-state index is 15.4. The number of ketones is 1. The van der Waals surface area contributed by atoms with E-state index in [-0.39, 0.29) is 22.6 Å². The van der Waals surface area contributed by atoms with E-state index >= 15 is 4.39 Å². The molecular weight excluding hydrogens is 461 g/mol. The summed E-state index contributed by atoms with van der Waals surface area (Å²) in [4.78, 5) is 30.2. The molecule has 2 heterocycles. The van der Waals surface area contributed by atoms with Crippen molar-refractivity contribution < 1.29 is 23.5 Å². The molecule has 4 aromatic rings. The van der Waals surface area contributed by atoms with Gasteiger partial charge in [-0.2, -0.15) is 0 Å². The van der Waals surface area contributed by atoms with Crippen molar-refractivity contribution in [1.29, 1.82) is 0 Å². The lowest BCUT2D eigenvalue weighted by molar-refractivity contribution is -0.112. The third kappa shape index (κ3) is 4.32. The first kappa shape index (κ1) is 23.3. The van der Waals surface area contributed by atoms with Gasteiger partial charge >= 0.3 is 0 Å². The van der Waals surface area contributed by atoms with Crippen LogP contribution < -0.4 is 14.8 Å². The maximum Gasteiger partial charge on any atom is 0.296 e. The van der Waals surface area contributed by atoms with Crippen LogP contribution in [0.2, 0.25) is 5.02 Å². The van der Waals surface area contributed by atoms with Crippen molar-refractivity contribution in [3.05, 3.63) is 82.4 Å². The second-order valence-electron chi connectivity index (χ2n) is 7.52. The van der Waals surface area contributed by atoms with Crippen LogP contribution in [0, 0.1) is 12.7 Å². The average Bonchev–Trinajstić information content (AvgIpc) is 3.12. The molecule has 0 unspecified atom stereocenters. The molecule has 2 aromatic heterocycles. The summed E-state index contributed by atoms with van der Waals surface area (Å²) in [6.45, 7) is 2.03. The summed E-state index contributed by atoms with van der Waals surface area (Å²) in [5, 5.41) is 3.15. The lowest BCUT2D eigenvalue weighted by atomic mass is 10.1. The zero-order chi connectivity index (χ0) is 24.4. The molecule has 2 aromatic carbocycles. The quantitative estimate of drug-likeness (QED) is 0.296. The molecule has 34 heavy (non-hydrogen) atoms. The molecule has 0 aliphatic heterocycles. The summed E-state index contributed by atoms with van der Waals surface area (Å²) in [5.41, 5.74) is 2.11. The Kier molecular flexibility index (Phi) is 6.51. The molecule has 0 spiro atoms. The van der Waals surface area contributed by atoms with Gasteiger partial charge in [-0.25, -0.2) is 9.37 Å². The number of carbonyl (C=O) groups is 2. The van der Waals surface area contributed by atoms with E-state index < -0.39 is 17.5 Å². The van der Waals surface area contributed by atoms with Gasteiger partial charge in [0.1, 0.15) is 0 Å². The number of benzene rings is 2. The number of Topliss-reactive ketones (excluding diaryl/α,β-unsaturated/α-hetero) is 1. The smallest absolute Gasteiger partial charge is 0.296 e. The van der Waals surface area contributed by atoms with Crippen molar-refractivity contribution in [3.8, 4) is 11.6 Å². The Hall–Kier alpha value is -3.91. The second kappa shape index (κ2) is 9.52. The van der Waals surface area contributed by atoms with Gasteiger partial charge in [-0.3, -0.25) is 9.59 Å². The SMILES string of the molecule is COc1cc(NC(=O)C(=O)c2c(C)n(Cc3ccc(Cl)cc3)c3ccc(OC)c(F)c23)ccn1. The number of nitrogens with zero attached hydrogens (tertiary/aromatic N) is 2. The summed E-state index contributed by atoms with van der Waals surface area (Å²) < 4.78 is 27.4. The second-order valence-corrected chi connectivity index (χ2v) is 7.96. The Morgan fingerprint density at radius 2 is 1.82 bits per heavy atom. The number of amides is 1. The number of pyridine rings is 1. The summed E-state index contributed by atoms with van der Waals surface area (Å²) in [5.74, 6) is -2.25. The molecule has 7 nitrogen and oxygen atoms in total. The van der Waals surface area contributed by atoms with Crippen LogP contribution in [-0.2, 0) is 11.3 Å². The highest BCUT2D eigenvalue weighted by Crippen LogP contribution is 2.34. The van der Waals surface area contributed by atoms with Crippen molar-refractivity contribution in [1.82, 2.24) is 9.55 Å². The zero-order valence-electron chi connectivity index (χ0n) is 18.7. The van der Waals surface area contributed by atoms with Gasteiger partial charge in [0.05, 0.1) is 30.7 Å². The predicted octanol–water partition coefficient (Wildman–Crippen LogP) is 5.02. The Balaban J connectivity index is 1.80. The van der Waals surface area contributed by atoms with Crippen molar-refractivity contribution in [3.63, 3.8) is 0 Å². The van der Waals surface area contributed by atoms with Crippen LogP contribution >= 0.6 is 11.6 Å². The molecule has 0 aliphatic carbocycles. The number of rotatable bonds is 7. The first-order valence-corrected chi connectivity index (χ1v) is 10.7. The minimum absolute atomic E-state index is 0.0236. The van der Waals surface area contributed by atoms with Crippen molar-refractivity contribution in [2.24, 2.45) is 0 Å². The highest BCUT2D eigenvalue weighted by molar-refractivity contribution is 6.48. The Morgan fingerprint density at radius 3 is 2.50 bits per heavy atom. The number of fused-ring (bicyclic) bond motifs is 1. The number of anilines is 1. The van der Waals surface area contributed by atoms with Crippen LogP contribution in [0.25, 0.3) is 10.9 Å². The fraction of sp³-hybridized carbons (Fsp3) is 0.160. The molecule has 0 aliphatic rings. The lowest BCUT2D eigenvalue weighted by Gasteiger charge is -2.10. The summed E-state index contributed by atoms with van der Waals surface area (Å²) >= 11 is 5.99. The first-order chi connectivity index (χ1) is 16.3. The van der Waals surface area contributed by atoms with Gasteiger partial charge in [-0.05, 0) is 42.8 Å². The standard InChI is InChI=1S/C25H21ClFN3O4/c1-14-21(24(31)25(32)29-17-10-11-28-20(12-17)34-3)22-18(8-9-19(33-2)23(22)27)30(14)13-15-4-6-16(26)7-5-15/h4-12H,13H2,1-3H3,(H,28,29,32). The summed E-state index contributed by atoms with van der Waals surface area (Å²) in [7, 11) is 2.78. The summed E-state index contributed by atoms with van der Waals surface area (Å²) in [6.07, 6.45) is 1.44. The highest BCUT2D eigenvalue weighted by Gasteiger charge is 2.28. The molecule has 0 saturated heterocycles. The largest absolute Gasteiger partial charge is 0.494 e. The van der Waals surface area contributed by atoms with Crippen LogP contribution in [0.15, 0.2) is 54.7 Å². The van der Waals surface area contributed by atoms with Crippen molar-refractivity contribution in [2.45, 2.75) is 13.5 Å². The third-order valence-corrected chi connectivity index (χ3v) is 5.75. The number of ether oxygens (including phenoxy) is 2. The van der Waals surface area contributed by atoms with E-state index in [1.165, 1.54) is 38.6 Å². The van der Waals surface area contributed by atoms with Crippen LogP contribution in [0.4, 0.5) is 10.1 Å². The van der Waals surface area contributed by atoms with Gasteiger partial charge in [0.15, 0.2) is 11.6 Å². The number of hydrogen-bond donors (Lipinski definition) is 1. The van der Waals surface area contributed by atoms with Gasteiger partial charge in [0, 0.05) is 35.2 Å². The fourth-order valence-corrected chi connectivity index (χ4v) is 3.94. The average molecular weight is 482 g/mol. The van der Waals surface area contributed by atoms with E-state index in [2.05, 4.69) is 10.3 Å². The normalized spacial score (nSPS) is 10.9. The van der Waals surface area contributed by atoms with E-state index in [0.29, 0.717) is 28.5 Å². The molecule has 9 heteroatoms. The van der Waals surface area contributed by atoms with Gasteiger partial charge in [-0.15, -0.1) is 0 Å². The number of nitrogens with one attached hydrogen (secondary N) is 1. The van der Waals surface area contributed by atoms with Gasteiger partial charge in [0.25, 0.3) is 11.7 Å². The monoisotopic (exact) mass is 481 g/mol. The molecule has 0 fully saturated rings. The molecule has 0 radical (unpaired) electrons. The minimum Gasteiger partial charge on any atom is -0.494 e. The number of methoxy groups -OCH3 is 2. The number of hydrogen-bond acceptors (Lipinski definition) is 5. The van der Waals surface area contributed by atoms with Crippen LogP contribution in [0.3, 0.4) is 0 Å². The predicted molar refractivity (Wildman–Crippen MR) is 127 cm³/mol. The van der Waals surface area contributed by atoms with Crippen LogP contribution in [-0.4, -0.2) is 35.5 Å². The van der Waals surface area contributed by atoms with Crippen molar-refractivity contribution in [2.75, 3.05) is 19.5 Å². The highest BCUT2D eigenvalue weighted by atomic mass is 35.5. The third-order valence-electron chi connectivity index (χ3n) is 5.50. The molecule has 4 rings (SSSR count). The van der Waals surface area contributed by atoms with E-state index in [1.807, 2.05) is 12.1 Å². The van der Waals surface area contributed by atoms with Gasteiger partial charge < -0.3 is 19.4 Å². The number of carbonyl (C=O) groups excluding carboxylic acids is 2. The Morgan fingerprint density at radius 1 is 1.09 bits per heavy atom. The van der Waals surface area contributed by atoms with E-state index in [9.17, 15) is 9.59 Å². The molecule has 0 saturated carbocycles. The van der Waals surface area contributed by atoms with Crippen molar-refractivity contribution >= 4 is 39.9 Å². The maximum atomic E-state index is 15.4. The first-order valence-electron chi connectivity index (χ1n) is 10.3. The molecule has 174 valence electrons. The molecule has 0 atom stereocenters. The lowest BCUT2D eigenvalue weighted by Crippen LogP contribution is -2.23.